The van der Waals surface area contributed by atoms with E-state index in [-0.39, 0.29) is 18.4 Å². The summed E-state index contributed by atoms with van der Waals surface area (Å²) in [5.74, 6) is -2.08. The van der Waals surface area contributed by atoms with Crippen molar-refractivity contribution in [2.24, 2.45) is 0 Å². The fourth-order valence-corrected chi connectivity index (χ4v) is 1.70. The number of carbonyl (C=O) groups is 2. The number of benzene rings is 1. The first kappa shape index (κ1) is 16.0. The van der Waals surface area contributed by atoms with Crippen LogP contribution in [0.1, 0.15) is 35.6 Å². The smallest absolute Gasteiger partial charge is 0.337 e. The highest BCUT2D eigenvalue weighted by Crippen LogP contribution is 2.29. The topological polar surface area (TPSA) is 83.8 Å². The van der Waals surface area contributed by atoms with Gasteiger partial charge in [-0.1, -0.05) is 12.1 Å². The van der Waals surface area contributed by atoms with E-state index in [2.05, 4.69) is 4.74 Å². The van der Waals surface area contributed by atoms with Crippen LogP contribution in [0.3, 0.4) is 0 Å². The van der Waals surface area contributed by atoms with Crippen molar-refractivity contribution in [2.75, 3.05) is 7.11 Å². The SMILES string of the molecule is COC(=O)CCc1ccc(C(O)C(=O)O)c(C(F)F)c1. The normalized spacial score (nSPS) is 12.2. The van der Waals surface area contributed by atoms with E-state index >= 15 is 0 Å². The molecule has 0 bridgehead atoms. The number of aryl methyl sites for hydroxylation is 1. The number of hydrogen-bond acceptors (Lipinski definition) is 4. The van der Waals surface area contributed by atoms with Gasteiger partial charge >= 0.3 is 11.9 Å². The van der Waals surface area contributed by atoms with E-state index in [0.717, 1.165) is 12.1 Å². The maximum Gasteiger partial charge on any atom is 0.337 e. The average molecular weight is 288 g/mol. The largest absolute Gasteiger partial charge is 0.479 e. The van der Waals surface area contributed by atoms with Gasteiger partial charge in [-0.2, -0.15) is 0 Å². The molecule has 7 heteroatoms. The van der Waals surface area contributed by atoms with Crippen molar-refractivity contribution in [3.8, 4) is 0 Å². The molecule has 1 aromatic carbocycles. The Labute approximate surface area is 113 Å². The van der Waals surface area contributed by atoms with E-state index < -0.39 is 30.0 Å². The van der Waals surface area contributed by atoms with Gasteiger partial charge in [0.25, 0.3) is 6.43 Å². The molecule has 0 aliphatic carbocycles. The second-order valence-electron chi connectivity index (χ2n) is 4.08. The summed E-state index contributed by atoms with van der Waals surface area (Å²) >= 11 is 0. The number of carboxylic acid groups (broad SMARTS) is 1. The van der Waals surface area contributed by atoms with Gasteiger partial charge in [0.1, 0.15) is 0 Å². The Hall–Kier alpha value is -2.02. The molecule has 1 aromatic rings. The monoisotopic (exact) mass is 288 g/mol. The third kappa shape index (κ3) is 3.99. The van der Waals surface area contributed by atoms with E-state index in [1.165, 1.54) is 13.2 Å². The number of alkyl halides is 2. The number of hydrogen-bond donors (Lipinski definition) is 2. The number of carboxylic acids is 1. The predicted molar refractivity (Wildman–Crippen MR) is 64.3 cm³/mol. The number of carbonyl (C=O) groups excluding carboxylic acids is 1. The lowest BCUT2D eigenvalue weighted by Crippen LogP contribution is -2.13. The Kier molecular flexibility index (Phi) is 5.57. The highest BCUT2D eigenvalue weighted by atomic mass is 19.3. The lowest BCUT2D eigenvalue weighted by molar-refractivity contribution is -0.147. The van der Waals surface area contributed by atoms with Crippen molar-refractivity contribution in [1.82, 2.24) is 0 Å². The number of aliphatic hydroxyl groups is 1. The lowest BCUT2D eigenvalue weighted by atomic mass is 9.98. The highest BCUT2D eigenvalue weighted by Gasteiger charge is 2.24. The Morgan fingerprint density at radius 2 is 1.95 bits per heavy atom. The number of rotatable bonds is 6. The number of halogens is 2. The molecule has 0 aromatic heterocycles. The van der Waals surface area contributed by atoms with Crippen LogP contribution in [0.2, 0.25) is 0 Å². The van der Waals surface area contributed by atoms with Crippen LogP contribution in [-0.4, -0.2) is 29.3 Å². The van der Waals surface area contributed by atoms with Crippen LogP contribution in [0.4, 0.5) is 8.78 Å². The van der Waals surface area contributed by atoms with Crippen molar-refractivity contribution < 1.29 is 33.3 Å². The molecule has 20 heavy (non-hydrogen) atoms. The van der Waals surface area contributed by atoms with E-state index in [9.17, 15) is 23.5 Å². The number of methoxy groups -OCH3 is 1. The molecule has 5 nitrogen and oxygen atoms in total. The molecule has 110 valence electrons. The Balaban J connectivity index is 3.01. The molecule has 0 aliphatic heterocycles. The third-order valence-corrected chi connectivity index (χ3v) is 2.76. The molecule has 2 N–H and O–H groups in total. The van der Waals surface area contributed by atoms with E-state index in [1.54, 1.807) is 0 Å². The number of ether oxygens (including phenoxy) is 1. The van der Waals surface area contributed by atoms with Crippen LogP contribution in [0.5, 0.6) is 0 Å². The second kappa shape index (κ2) is 6.95. The van der Waals surface area contributed by atoms with Gasteiger partial charge in [0.05, 0.1) is 7.11 Å². The number of esters is 1. The van der Waals surface area contributed by atoms with Gasteiger partial charge in [0.15, 0.2) is 6.10 Å². The molecular weight excluding hydrogens is 274 g/mol. The van der Waals surface area contributed by atoms with Crippen LogP contribution in [0, 0.1) is 0 Å². The Bertz CT molecular complexity index is 502. The third-order valence-electron chi connectivity index (χ3n) is 2.76. The summed E-state index contributed by atoms with van der Waals surface area (Å²) in [7, 11) is 1.22. The molecule has 0 aliphatic rings. The van der Waals surface area contributed by atoms with Crippen LogP contribution < -0.4 is 0 Å². The standard InChI is InChI=1S/C13H14F2O5/c1-20-10(16)5-3-7-2-4-8(11(17)13(18)19)9(6-7)12(14)15/h2,4,6,11-12,17H,3,5H2,1H3,(H,18,19). The summed E-state index contributed by atoms with van der Waals surface area (Å²) in [6.45, 7) is 0. The maximum atomic E-state index is 12.9. The van der Waals surface area contributed by atoms with E-state index in [4.69, 9.17) is 5.11 Å². The molecule has 1 rings (SSSR count). The molecule has 0 fully saturated rings. The second-order valence-corrected chi connectivity index (χ2v) is 4.08. The molecule has 0 spiro atoms. The zero-order chi connectivity index (χ0) is 15.3. The summed E-state index contributed by atoms with van der Waals surface area (Å²) in [6, 6.07) is 3.62. The minimum atomic E-state index is -2.92. The van der Waals surface area contributed by atoms with Gasteiger partial charge in [-0.25, -0.2) is 13.6 Å². The van der Waals surface area contributed by atoms with Gasteiger partial charge in [-0.15, -0.1) is 0 Å². The minimum Gasteiger partial charge on any atom is -0.479 e. The van der Waals surface area contributed by atoms with Crippen molar-refractivity contribution in [3.63, 3.8) is 0 Å². The zero-order valence-corrected chi connectivity index (χ0v) is 10.7. The summed E-state index contributed by atoms with van der Waals surface area (Å²) in [5, 5.41) is 18.0. The predicted octanol–water partition coefficient (Wildman–Crippen LogP) is 1.85. The van der Waals surface area contributed by atoms with Gasteiger partial charge in [0, 0.05) is 17.5 Å². The van der Waals surface area contributed by atoms with Crippen LogP contribution in [0.25, 0.3) is 0 Å². The van der Waals surface area contributed by atoms with Crippen molar-refractivity contribution in [1.29, 1.82) is 0 Å². The first-order valence-electron chi connectivity index (χ1n) is 5.75. The minimum absolute atomic E-state index is 0.0278. The Morgan fingerprint density at radius 1 is 1.30 bits per heavy atom. The molecule has 0 heterocycles. The average Bonchev–Trinajstić information content (AvgIpc) is 2.43. The van der Waals surface area contributed by atoms with Gasteiger partial charge in [0.2, 0.25) is 0 Å². The Morgan fingerprint density at radius 3 is 2.45 bits per heavy atom. The molecule has 0 radical (unpaired) electrons. The summed E-state index contributed by atoms with van der Waals surface area (Å²) in [4.78, 5) is 21.6. The molecule has 1 atom stereocenters. The lowest BCUT2D eigenvalue weighted by Gasteiger charge is -2.13. The van der Waals surface area contributed by atoms with Gasteiger partial charge in [-0.3, -0.25) is 4.79 Å². The van der Waals surface area contributed by atoms with Crippen molar-refractivity contribution in [2.45, 2.75) is 25.4 Å². The molecule has 1 unspecified atom stereocenters. The van der Waals surface area contributed by atoms with Gasteiger partial charge < -0.3 is 14.9 Å². The quantitative estimate of drug-likeness (QED) is 0.780. The fourth-order valence-electron chi connectivity index (χ4n) is 1.70. The maximum absolute atomic E-state index is 12.9. The molecule has 0 amide bonds. The van der Waals surface area contributed by atoms with Gasteiger partial charge in [-0.05, 0) is 18.1 Å². The summed E-state index contributed by atoms with van der Waals surface area (Å²) in [6.07, 6.45) is -4.71. The molecule has 0 saturated carbocycles. The van der Waals surface area contributed by atoms with E-state index in [1.807, 2.05) is 0 Å². The number of aliphatic hydroxyl groups excluding tert-OH is 1. The van der Waals surface area contributed by atoms with Crippen LogP contribution in [-0.2, 0) is 20.7 Å². The first-order valence-corrected chi connectivity index (χ1v) is 5.75. The highest BCUT2D eigenvalue weighted by molar-refractivity contribution is 5.74. The molecule has 0 saturated heterocycles. The van der Waals surface area contributed by atoms with Crippen molar-refractivity contribution in [3.05, 3.63) is 34.9 Å². The zero-order valence-electron chi connectivity index (χ0n) is 10.7. The first-order chi connectivity index (χ1) is 9.36. The van der Waals surface area contributed by atoms with Crippen molar-refractivity contribution >= 4 is 11.9 Å². The van der Waals surface area contributed by atoms with Crippen LogP contribution >= 0.6 is 0 Å². The van der Waals surface area contributed by atoms with Crippen LogP contribution in [0.15, 0.2) is 18.2 Å². The molecular formula is C13H14F2O5. The number of aliphatic carboxylic acids is 1. The summed E-state index contributed by atoms with van der Waals surface area (Å²) < 4.78 is 30.2. The summed E-state index contributed by atoms with van der Waals surface area (Å²) in [5.41, 5.74) is -0.469. The fraction of sp³-hybridized carbons (Fsp3) is 0.385. The van der Waals surface area contributed by atoms with E-state index in [0.29, 0.717) is 5.56 Å².